The second-order valence-corrected chi connectivity index (χ2v) is 17.2. The molecule has 0 radical (unpaired) electrons. The standard InChI is InChI=1S/C59H96O6/c1-4-7-10-13-16-19-22-25-27-29-31-34-37-40-43-46-49-52-58(61)64-55-56(54-63-57(60)51-48-45-42-39-36-33-24-21-18-15-12-9-6-3)65-59(62)53-50-47-44-41-38-35-32-30-28-26-23-20-17-14-11-8-5-2/h7,10,13,16-17,19-20,22,25-29,31,33-34,36-37,56H,4-6,8-9,11-12,14-15,18,21,23-24,30,32,35,38-55H2,1-3H3/b10-7-,16-13-,20-17-,22-19-,27-25-,28-26-,31-29+,36-33-,37-34-. The van der Waals surface area contributed by atoms with Gasteiger partial charge in [0, 0.05) is 19.3 Å². The van der Waals surface area contributed by atoms with Gasteiger partial charge in [0.1, 0.15) is 13.2 Å². The fourth-order valence-corrected chi connectivity index (χ4v) is 6.91. The average Bonchev–Trinajstić information content (AvgIpc) is 3.30. The summed E-state index contributed by atoms with van der Waals surface area (Å²) in [5, 5.41) is 0. The van der Waals surface area contributed by atoms with Gasteiger partial charge in [-0.2, -0.15) is 0 Å². The predicted molar refractivity (Wildman–Crippen MR) is 279 cm³/mol. The monoisotopic (exact) mass is 901 g/mol. The largest absolute Gasteiger partial charge is 0.462 e. The van der Waals surface area contributed by atoms with Gasteiger partial charge in [0.05, 0.1) is 0 Å². The van der Waals surface area contributed by atoms with Gasteiger partial charge in [0.2, 0.25) is 0 Å². The summed E-state index contributed by atoms with van der Waals surface area (Å²) in [5.41, 5.74) is 0. The highest BCUT2D eigenvalue weighted by Crippen LogP contribution is 2.13. The van der Waals surface area contributed by atoms with Gasteiger partial charge in [-0.1, -0.05) is 220 Å². The van der Waals surface area contributed by atoms with Crippen LogP contribution in [0.15, 0.2) is 109 Å². The van der Waals surface area contributed by atoms with Crippen LogP contribution in [0.2, 0.25) is 0 Å². The summed E-state index contributed by atoms with van der Waals surface area (Å²) in [6.45, 7) is 6.39. The number of carbonyl (C=O) groups is 3. The van der Waals surface area contributed by atoms with Crippen molar-refractivity contribution in [3.63, 3.8) is 0 Å². The Labute approximate surface area is 400 Å². The molecule has 6 nitrogen and oxygen atoms in total. The van der Waals surface area contributed by atoms with Gasteiger partial charge in [-0.05, 0) is 96.3 Å². The minimum Gasteiger partial charge on any atom is -0.462 e. The highest BCUT2D eigenvalue weighted by Gasteiger charge is 2.19. The number of carbonyl (C=O) groups excluding carboxylic acids is 3. The Bertz CT molecular complexity index is 1360. The maximum absolute atomic E-state index is 12.8. The summed E-state index contributed by atoms with van der Waals surface area (Å²) in [7, 11) is 0. The molecule has 0 bridgehead atoms. The second-order valence-electron chi connectivity index (χ2n) is 17.2. The molecule has 0 aliphatic carbocycles. The van der Waals surface area contributed by atoms with Crippen molar-refractivity contribution in [2.24, 2.45) is 0 Å². The SMILES string of the molecule is CC\C=C/C=C\C=C/C=C\C=C\C=C/CCCCCC(=O)OCC(COC(=O)CCCCC/C=C\CCCCCCCC)OC(=O)CCCCCCCCC/C=C\C/C=C\CCCCC. The fraction of sp³-hybridized carbons (Fsp3) is 0.644. The van der Waals surface area contributed by atoms with Crippen LogP contribution >= 0.6 is 0 Å². The van der Waals surface area contributed by atoms with Crippen molar-refractivity contribution in [1.29, 1.82) is 0 Å². The molecule has 0 aromatic carbocycles. The normalized spacial score (nSPS) is 13.0. The molecule has 0 N–H and O–H groups in total. The van der Waals surface area contributed by atoms with E-state index in [1.807, 2.05) is 60.8 Å². The van der Waals surface area contributed by atoms with Crippen LogP contribution in [-0.4, -0.2) is 37.2 Å². The van der Waals surface area contributed by atoms with E-state index in [1.165, 1.54) is 89.9 Å². The fourth-order valence-electron chi connectivity index (χ4n) is 6.91. The van der Waals surface area contributed by atoms with E-state index in [9.17, 15) is 14.4 Å². The molecule has 0 aromatic heterocycles. The highest BCUT2D eigenvalue weighted by atomic mass is 16.6. The van der Waals surface area contributed by atoms with E-state index in [0.717, 1.165) is 96.3 Å². The first-order chi connectivity index (χ1) is 32.0. The summed E-state index contributed by atoms with van der Waals surface area (Å²) in [6.07, 6.45) is 70.6. The maximum Gasteiger partial charge on any atom is 0.306 e. The number of ether oxygens (including phenoxy) is 3. The third-order valence-electron chi connectivity index (χ3n) is 10.9. The smallest absolute Gasteiger partial charge is 0.306 e. The van der Waals surface area contributed by atoms with Gasteiger partial charge in [-0.25, -0.2) is 0 Å². The molecule has 368 valence electrons. The average molecular weight is 901 g/mol. The first kappa shape index (κ1) is 61.1. The molecule has 1 atom stereocenters. The second kappa shape index (κ2) is 52.7. The zero-order chi connectivity index (χ0) is 47.2. The Morgan fingerprint density at radius 2 is 0.662 bits per heavy atom. The summed E-state index contributed by atoms with van der Waals surface area (Å²) < 4.78 is 16.8. The lowest BCUT2D eigenvalue weighted by Gasteiger charge is -2.18. The topological polar surface area (TPSA) is 78.9 Å². The van der Waals surface area contributed by atoms with Gasteiger partial charge in [0.15, 0.2) is 6.10 Å². The summed E-state index contributed by atoms with van der Waals surface area (Å²) in [5.74, 6) is -0.977. The Kier molecular flexibility index (Phi) is 49.5. The number of allylic oxidation sites excluding steroid dienone is 18. The molecule has 6 heteroatoms. The first-order valence-corrected chi connectivity index (χ1v) is 26.5. The van der Waals surface area contributed by atoms with Crippen molar-refractivity contribution in [1.82, 2.24) is 0 Å². The van der Waals surface area contributed by atoms with Crippen LogP contribution in [0.5, 0.6) is 0 Å². The van der Waals surface area contributed by atoms with E-state index in [1.54, 1.807) is 0 Å². The van der Waals surface area contributed by atoms with Crippen LogP contribution < -0.4 is 0 Å². The van der Waals surface area contributed by atoms with Gasteiger partial charge in [-0.15, -0.1) is 0 Å². The third kappa shape index (κ3) is 50.9. The quantitative estimate of drug-likeness (QED) is 0.0199. The molecule has 0 aromatic rings. The first-order valence-electron chi connectivity index (χ1n) is 26.5. The predicted octanol–water partition coefficient (Wildman–Crippen LogP) is 17.5. The number of hydrogen-bond donors (Lipinski definition) is 0. The molecule has 0 saturated carbocycles. The Hall–Kier alpha value is -3.93. The Morgan fingerprint density at radius 1 is 0.338 bits per heavy atom. The zero-order valence-corrected chi connectivity index (χ0v) is 42.0. The number of esters is 3. The van der Waals surface area contributed by atoms with Crippen LogP contribution in [0.25, 0.3) is 0 Å². The Balaban J connectivity index is 4.52. The lowest BCUT2D eigenvalue weighted by Crippen LogP contribution is -2.30. The molecule has 0 saturated heterocycles. The van der Waals surface area contributed by atoms with E-state index in [0.29, 0.717) is 19.3 Å². The summed E-state index contributed by atoms with van der Waals surface area (Å²) >= 11 is 0. The van der Waals surface area contributed by atoms with Crippen molar-refractivity contribution in [3.05, 3.63) is 109 Å². The summed E-state index contributed by atoms with van der Waals surface area (Å²) in [4.78, 5) is 38.0. The molecule has 1 unspecified atom stereocenters. The van der Waals surface area contributed by atoms with Gasteiger partial charge in [-0.3, -0.25) is 14.4 Å². The molecule has 65 heavy (non-hydrogen) atoms. The molecule has 0 rings (SSSR count). The lowest BCUT2D eigenvalue weighted by molar-refractivity contribution is -0.167. The number of rotatable bonds is 46. The molecule has 0 aliphatic heterocycles. The van der Waals surface area contributed by atoms with Crippen LogP contribution in [0.4, 0.5) is 0 Å². The molecule has 0 amide bonds. The van der Waals surface area contributed by atoms with Crippen LogP contribution in [-0.2, 0) is 28.6 Å². The molecular weight excluding hydrogens is 805 g/mol. The zero-order valence-electron chi connectivity index (χ0n) is 42.0. The van der Waals surface area contributed by atoms with Gasteiger partial charge in [0.25, 0.3) is 0 Å². The van der Waals surface area contributed by atoms with Crippen molar-refractivity contribution < 1.29 is 28.6 Å². The van der Waals surface area contributed by atoms with Gasteiger partial charge >= 0.3 is 17.9 Å². The van der Waals surface area contributed by atoms with Gasteiger partial charge < -0.3 is 14.2 Å². The van der Waals surface area contributed by atoms with Crippen LogP contribution in [0.3, 0.4) is 0 Å². The molecule has 0 spiro atoms. The third-order valence-corrected chi connectivity index (χ3v) is 10.9. The minimum absolute atomic E-state index is 0.106. The maximum atomic E-state index is 12.8. The van der Waals surface area contributed by atoms with Crippen LogP contribution in [0, 0.1) is 0 Å². The van der Waals surface area contributed by atoms with E-state index in [4.69, 9.17) is 14.2 Å². The molecule has 0 aliphatic rings. The van der Waals surface area contributed by atoms with Crippen molar-refractivity contribution >= 4 is 17.9 Å². The highest BCUT2D eigenvalue weighted by molar-refractivity contribution is 5.71. The number of hydrogen-bond acceptors (Lipinski definition) is 6. The minimum atomic E-state index is -0.808. The van der Waals surface area contributed by atoms with Crippen LogP contribution in [0.1, 0.15) is 226 Å². The van der Waals surface area contributed by atoms with E-state index >= 15 is 0 Å². The van der Waals surface area contributed by atoms with Crippen molar-refractivity contribution in [2.45, 2.75) is 232 Å². The van der Waals surface area contributed by atoms with Crippen molar-refractivity contribution in [2.75, 3.05) is 13.2 Å². The van der Waals surface area contributed by atoms with E-state index < -0.39 is 6.10 Å². The lowest BCUT2D eigenvalue weighted by atomic mass is 10.1. The molecule has 0 fully saturated rings. The van der Waals surface area contributed by atoms with Crippen molar-refractivity contribution in [3.8, 4) is 0 Å². The van der Waals surface area contributed by atoms with E-state index in [-0.39, 0.29) is 31.1 Å². The number of unbranched alkanes of at least 4 members (excludes halogenated alkanes) is 22. The molecular formula is C59H96O6. The molecule has 0 heterocycles. The van der Waals surface area contributed by atoms with E-state index in [2.05, 4.69) is 69.4 Å². The Morgan fingerprint density at radius 3 is 1.12 bits per heavy atom. The summed E-state index contributed by atoms with van der Waals surface area (Å²) in [6, 6.07) is 0.